The summed E-state index contributed by atoms with van der Waals surface area (Å²) in [5, 5.41) is 7.43. The molecule has 0 unspecified atom stereocenters. The zero-order valence-corrected chi connectivity index (χ0v) is 12.4. The summed E-state index contributed by atoms with van der Waals surface area (Å²) in [4.78, 5) is 16.3. The molecule has 0 radical (unpaired) electrons. The lowest BCUT2D eigenvalue weighted by Crippen LogP contribution is -2.12. The molecule has 0 aliphatic rings. The summed E-state index contributed by atoms with van der Waals surface area (Å²) < 4.78 is 2.24. The third-order valence-corrected chi connectivity index (χ3v) is 4.17. The summed E-state index contributed by atoms with van der Waals surface area (Å²) in [6, 6.07) is 5.26. The van der Waals surface area contributed by atoms with Gasteiger partial charge in [-0.3, -0.25) is 9.78 Å². The van der Waals surface area contributed by atoms with Crippen molar-refractivity contribution in [2.75, 3.05) is 5.32 Å². The van der Waals surface area contributed by atoms with E-state index in [4.69, 9.17) is 11.6 Å². The molecule has 3 aromatic rings. The average molecular weight is 352 g/mol. The first-order valence-electron chi connectivity index (χ1n) is 5.69. The second kappa shape index (κ2) is 5.22. The smallest absolute Gasteiger partial charge is 0.259 e. The molecule has 0 saturated heterocycles. The highest BCUT2D eigenvalue weighted by molar-refractivity contribution is 9.10. The molecule has 5 nitrogen and oxygen atoms in total. The van der Waals surface area contributed by atoms with Crippen LogP contribution in [0.25, 0.3) is 5.52 Å². The van der Waals surface area contributed by atoms with Crippen molar-refractivity contribution in [1.29, 1.82) is 0 Å². The van der Waals surface area contributed by atoms with E-state index in [0.717, 1.165) is 0 Å². The van der Waals surface area contributed by atoms with Crippen molar-refractivity contribution in [2.24, 2.45) is 0 Å². The number of fused-ring (bicyclic) bond motifs is 1. The number of hydrogen-bond acceptors (Lipinski definition) is 3. The summed E-state index contributed by atoms with van der Waals surface area (Å²) in [5.41, 5.74) is 1.69. The number of carbonyl (C=O) groups is 1. The molecule has 0 bridgehead atoms. The van der Waals surface area contributed by atoms with E-state index in [1.807, 2.05) is 0 Å². The Morgan fingerprint density at radius 1 is 1.35 bits per heavy atom. The van der Waals surface area contributed by atoms with E-state index in [-0.39, 0.29) is 5.91 Å². The number of aromatic nitrogens is 3. The van der Waals surface area contributed by atoms with Gasteiger partial charge in [-0.1, -0.05) is 17.7 Å². The molecule has 1 N–H and O–H groups in total. The molecule has 0 fully saturated rings. The van der Waals surface area contributed by atoms with Gasteiger partial charge in [-0.2, -0.15) is 5.10 Å². The Labute approximate surface area is 127 Å². The minimum atomic E-state index is -0.268. The Kier molecular flexibility index (Phi) is 3.42. The van der Waals surface area contributed by atoms with Crippen molar-refractivity contribution in [3.05, 3.63) is 58.0 Å². The predicted octanol–water partition coefficient (Wildman–Crippen LogP) is 3.40. The lowest BCUT2D eigenvalue weighted by atomic mass is 10.2. The van der Waals surface area contributed by atoms with Crippen LogP contribution in [-0.4, -0.2) is 20.5 Å². The van der Waals surface area contributed by atoms with Crippen LogP contribution >= 0.6 is 27.5 Å². The van der Waals surface area contributed by atoms with Crippen LogP contribution in [0.15, 0.2) is 47.5 Å². The molecule has 1 aromatic carbocycles. The van der Waals surface area contributed by atoms with Gasteiger partial charge in [0.05, 0.1) is 38.7 Å². The second-order valence-electron chi connectivity index (χ2n) is 4.02. The number of benzene rings is 1. The van der Waals surface area contributed by atoms with Crippen LogP contribution < -0.4 is 5.32 Å². The standard InChI is InChI=1S/C13H8BrClN4O/c14-12-9(15)2-1-3-10(12)18-13(20)8-6-17-19-5-4-16-7-11(8)19/h1-7H,(H,18,20). The van der Waals surface area contributed by atoms with E-state index in [1.54, 1.807) is 41.3 Å². The van der Waals surface area contributed by atoms with Gasteiger partial charge >= 0.3 is 0 Å². The van der Waals surface area contributed by atoms with E-state index < -0.39 is 0 Å². The van der Waals surface area contributed by atoms with Crippen molar-refractivity contribution >= 4 is 44.6 Å². The quantitative estimate of drug-likeness (QED) is 0.770. The molecule has 0 aliphatic carbocycles. The highest BCUT2D eigenvalue weighted by Crippen LogP contribution is 2.30. The lowest BCUT2D eigenvalue weighted by Gasteiger charge is -2.07. The van der Waals surface area contributed by atoms with Crippen LogP contribution in [0.2, 0.25) is 5.02 Å². The fourth-order valence-electron chi connectivity index (χ4n) is 1.80. The number of halogens is 2. The van der Waals surface area contributed by atoms with E-state index in [0.29, 0.717) is 26.3 Å². The van der Waals surface area contributed by atoms with Gasteiger partial charge in [0.15, 0.2) is 0 Å². The highest BCUT2D eigenvalue weighted by Gasteiger charge is 2.14. The molecule has 3 rings (SSSR count). The van der Waals surface area contributed by atoms with Crippen LogP contribution in [0.4, 0.5) is 5.69 Å². The number of nitrogens with zero attached hydrogens (tertiary/aromatic N) is 3. The van der Waals surface area contributed by atoms with Crippen LogP contribution in [0, 0.1) is 0 Å². The first-order chi connectivity index (χ1) is 9.66. The fraction of sp³-hybridized carbons (Fsp3) is 0. The van der Waals surface area contributed by atoms with Crippen LogP contribution in [-0.2, 0) is 0 Å². The number of rotatable bonds is 2. The van der Waals surface area contributed by atoms with Gasteiger partial charge in [0, 0.05) is 12.4 Å². The van der Waals surface area contributed by atoms with Gasteiger partial charge < -0.3 is 5.32 Å². The number of amides is 1. The maximum absolute atomic E-state index is 12.3. The molecule has 0 saturated carbocycles. The van der Waals surface area contributed by atoms with Crippen LogP contribution in [0.1, 0.15) is 10.4 Å². The summed E-state index contributed by atoms with van der Waals surface area (Å²) >= 11 is 9.33. The number of anilines is 1. The predicted molar refractivity (Wildman–Crippen MR) is 80.1 cm³/mol. The molecule has 2 heterocycles. The largest absolute Gasteiger partial charge is 0.321 e. The topological polar surface area (TPSA) is 59.3 Å². The van der Waals surface area contributed by atoms with E-state index >= 15 is 0 Å². The maximum atomic E-state index is 12.3. The molecular weight excluding hydrogens is 344 g/mol. The molecule has 100 valence electrons. The van der Waals surface area contributed by atoms with Crippen LogP contribution in [0.3, 0.4) is 0 Å². The Bertz CT molecular complexity index is 802. The molecule has 2 aromatic heterocycles. The highest BCUT2D eigenvalue weighted by atomic mass is 79.9. The van der Waals surface area contributed by atoms with Gasteiger partial charge in [-0.15, -0.1) is 0 Å². The van der Waals surface area contributed by atoms with Crippen molar-refractivity contribution in [2.45, 2.75) is 0 Å². The SMILES string of the molecule is O=C(Nc1cccc(Cl)c1Br)c1cnn2ccncc12. The Morgan fingerprint density at radius 2 is 2.20 bits per heavy atom. The zero-order chi connectivity index (χ0) is 14.1. The maximum Gasteiger partial charge on any atom is 0.259 e. The summed E-state index contributed by atoms with van der Waals surface area (Å²) in [6.07, 6.45) is 6.39. The fourth-order valence-corrected chi connectivity index (χ4v) is 2.34. The minimum Gasteiger partial charge on any atom is -0.321 e. The Morgan fingerprint density at radius 3 is 3.05 bits per heavy atom. The first kappa shape index (κ1) is 13.1. The van der Waals surface area contributed by atoms with Gasteiger partial charge in [0.2, 0.25) is 0 Å². The summed E-state index contributed by atoms with van der Waals surface area (Å²) in [7, 11) is 0. The van der Waals surface area contributed by atoms with Gasteiger partial charge in [-0.25, -0.2) is 4.52 Å². The third kappa shape index (κ3) is 2.28. The summed E-state index contributed by atoms with van der Waals surface area (Å²) in [5.74, 6) is -0.268. The molecule has 0 spiro atoms. The van der Waals surface area contributed by atoms with Crippen LogP contribution in [0.5, 0.6) is 0 Å². The Hall–Kier alpha value is -1.92. The lowest BCUT2D eigenvalue weighted by molar-refractivity contribution is 0.102. The number of nitrogens with one attached hydrogen (secondary N) is 1. The zero-order valence-electron chi connectivity index (χ0n) is 10.0. The molecule has 1 amide bonds. The summed E-state index contributed by atoms with van der Waals surface area (Å²) in [6.45, 7) is 0. The van der Waals surface area contributed by atoms with E-state index in [9.17, 15) is 4.79 Å². The molecular formula is C13H8BrClN4O. The Balaban J connectivity index is 1.95. The third-order valence-electron chi connectivity index (χ3n) is 2.77. The van der Waals surface area contributed by atoms with E-state index in [1.165, 1.54) is 6.20 Å². The van der Waals surface area contributed by atoms with E-state index in [2.05, 4.69) is 31.3 Å². The molecule has 0 atom stereocenters. The van der Waals surface area contributed by atoms with Crippen molar-refractivity contribution in [3.63, 3.8) is 0 Å². The normalized spacial score (nSPS) is 10.7. The molecule has 20 heavy (non-hydrogen) atoms. The molecule has 0 aliphatic heterocycles. The minimum absolute atomic E-state index is 0.268. The van der Waals surface area contributed by atoms with Gasteiger partial charge in [0.25, 0.3) is 5.91 Å². The van der Waals surface area contributed by atoms with Crippen molar-refractivity contribution in [3.8, 4) is 0 Å². The monoisotopic (exact) mass is 350 g/mol. The van der Waals surface area contributed by atoms with Crippen molar-refractivity contribution in [1.82, 2.24) is 14.6 Å². The van der Waals surface area contributed by atoms with Gasteiger partial charge in [-0.05, 0) is 28.1 Å². The first-order valence-corrected chi connectivity index (χ1v) is 6.86. The number of carbonyl (C=O) groups excluding carboxylic acids is 1. The average Bonchev–Trinajstić information content (AvgIpc) is 2.88. The van der Waals surface area contributed by atoms with Gasteiger partial charge in [0.1, 0.15) is 0 Å². The number of hydrogen-bond donors (Lipinski definition) is 1. The molecule has 7 heteroatoms. The second-order valence-corrected chi connectivity index (χ2v) is 5.22. The van der Waals surface area contributed by atoms with Crippen molar-refractivity contribution < 1.29 is 4.79 Å².